The minimum absolute atomic E-state index is 0.0779. The summed E-state index contributed by atoms with van der Waals surface area (Å²) in [5.41, 5.74) is -0.156. The molecule has 0 aliphatic carbocycles. The van der Waals surface area contributed by atoms with E-state index in [1.54, 1.807) is 30.1 Å². The molecule has 1 saturated heterocycles. The maximum absolute atomic E-state index is 12.8. The summed E-state index contributed by atoms with van der Waals surface area (Å²) in [5.74, 6) is 1.71. The smallest absolute Gasteiger partial charge is 0.332 e. The van der Waals surface area contributed by atoms with E-state index in [9.17, 15) is 14.4 Å². The van der Waals surface area contributed by atoms with Gasteiger partial charge in [0.1, 0.15) is 5.82 Å². The second kappa shape index (κ2) is 6.49. The van der Waals surface area contributed by atoms with Crippen LogP contribution in [-0.2, 0) is 14.1 Å². The second-order valence-corrected chi connectivity index (χ2v) is 6.59. The quantitative estimate of drug-likeness (QED) is 0.724. The first-order valence-corrected chi connectivity index (χ1v) is 8.66. The average molecular weight is 372 g/mol. The zero-order valence-corrected chi connectivity index (χ0v) is 15.2. The molecule has 2 aliphatic heterocycles. The Hall–Kier alpha value is -3.23. The number of anilines is 1. The van der Waals surface area contributed by atoms with Gasteiger partial charge >= 0.3 is 5.69 Å². The number of piperazine rings is 1. The van der Waals surface area contributed by atoms with Crippen LogP contribution in [0.2, 0.25) is 0 Å². The second-order valence-electron chi connectivity index (χ2n) is 6.59. The maximum atomic E-state index is 12.8. The van der Waals surface area contributed by atoms with Crippen molar-refractivity contribution in [3.05, 3.63) is 50.7 Å². The van der Waals surface area contributed by atoms with Crippen molar-refractivity contribution in [1.82, 2.24) is 14.0 Å². The van der Waals surface area contributed by atoms with Gasteiger partial charge in [0.05, 0.1) is 0 Å². The van der Waals surface area contributed by atoms with Crippen LogP contribution in [0.1, 0.15) is 10.4 Å². The summed E-state index contributed by atoms with van der Waals surface area (Å²) in [5, 5.41) is 0. The minimum atomic E-state index is -0.364. The van der Waals surface area contributed by atoms with Crippen molar-refractivity contribution in [1.29, 1.82) is 0 Å². The Kier molecular flexibility index (Phi) is 4.14. The van der Waals surface area contributed by atoms with Gasteiger partial charge in [0.25, 0.3) is 11.5 Å². The highest BCUT2D eigenvalue weighted by molar-refractivity contribution is 5.95. The van der Waals surface area contributed by atoms with E-state index in [-0.39, 0.29) is 23.9 Å². The van der Waals surface area contributed by atoms with Crippen LogP contribution in [-0.4, -0.2) is 52.9 Å². The molecule has 1 amide bonds. The van der Waals surface area contributed by atoms with Crippen LogP contribution in [0.5, 0.6) is 11.5 Å². The molecule has 2 aliphatic rings. The number of carbonyl (C=O) groups is 1. The third kappa shape index (κ3) is 2.94. The van der Waals surface area contributed by atoms with E-state index in [1.165, 1.54) is 17.7 Å². The predicted molar refractivity (Wildman–Crippen MR) is 97.6 cm³/mol. The number of benzene rings is 1. The van der Waals surface area contributed by atoms with Gasteiger partial charge < -0.3 is 19.3 Å². The van der Waals surface area contributed by atoms with Crippen molar-refractivity contribution in [2.75, 3.05) is 37.9 Å². The summed E-state index contributed by atoms with van der Waals surface area (Å²) in [6.45, 7) is 2.24. The number of nitrogens with zero attached hydrogens (tertiary/aromatic N) is 4. The van der Waals surface area contributed by atoms with Crippen molar-refractivity contribution in [3.8, 4) is 11.5 Å². The van der Waals surface area contributed by atoms with E-state index in [1.807, 2.05) is 4.90 Å². The number of hydrogen-bond acceptors (Lipinski definition) is 6. The van der Waals surface area contributed by atoms with Crippen LogP contribution in [0.3, 0.4) is 0 Å². The Labute approximate surface area is 154 Å². The summed E-state index contributed by atoms with van der Waals surface area (Å²) in [7, 11) is 3.09. The number of amides is 1. The summed E-state index contributed by atoms with van der Waals surface area (Å²) in [4.78, 5) is 40.5. The van der Waals surface area contributed by atoms with Gasteiger partial charge in [-0.1, -0.05) is 0 Å². The SMILES string of the molecule is Cn1c(N2CCN(C(=O)c3ccc4c(c3)OCO4)CC2)cc(=O)n(C)c1=O. The number of fused-ring (bicyclic) bond motifs is 1. The van der Waals surface area contributed by atoms with Gasteiger partial charge in [0.2, 0.25) is 6.79 Å². The van der Waals surface area contributed by atoms with E-state index in [4.69, 9.17) is 9.47 Å². The zero-order chi connectivity index (χ0) is 19.1. The standard InChI is InChI=1S/C18H20N4O5/c1-19-15(10-16(23)20(2)18(19)25)21-5-7-22(8-6-21)17(24)12-3-4-13-14(9-12)27-11-26-13/h3-4,9-10H,5-8,11H2,1-2H3. The molecule has 1 fully saturated rings. The Morgan fingerprint density at radius 1 is 0.926 bits per heavy atom. The van der Waals surface area contributed by atoms with Crippen LogP contribution in [0.15, 0.2) is 33.9 Å². The van der Waals surface area contributed by atoms with Gasteiger partial charge in [0.15, 0.2) is 11.5 Å². The zero-order valence-electron chi connectivity index (χ0n) is 15.2. The van der Waals surface area contributed by atoms with Gasteiger partial charge in [-0.3, -0.25) is 18.7 Å². The fourth-order valence-electron chi connectivity index (χ4n) is 3.38. The molecule has 3 heterocycles. The lowest BCUT2D eigenvalue weighted by Gasteiger charge is -2.36. The molecule has 2 aromatic rings. The number of aromatic nitrogens is 2. The van der Waals surface area contributed by atoms with Gasteiger partial charge in [-0.15, -0.1) is 0 Å². The van der Waals surface area contributed by atoms with E-state index in [0.717, 1.165) is 4.57 Å². The van der Waals surface area contributed by atoms with E-state index >= 15 is 0 Å². The molecule has 0 unspecified atom stereocenters. The maximum Gasteiger partial charge on any atom is 0.332 e. The molecule has 1 aromatic carbocycles. The normalized spacial score (nSPS) is 15.9. The lowest BCUT2D eigenvalue weighted by Crippen LogP contribution is -2.51. The van der Waals surface area contributed by atoms with Crippen molar-refractivity contribution >= 4 is 11.7 Å². The first kappa shape index (κ1) is 17.2. The van der Waals surface area contributed by atoms with Crippen molar-refractivity contribution in [3.63, 3.8) is 0 Å². The summed E-state index contributed by atoms with van der Waals surface area (Å²) >= 11 is 0. The molecule has 0 N–H and O–H groups in total. The third-order valence-electron chi connectivity index (χ3n) is 5.01. The molecule has 142 valence electrons. The Balaban J connectivity index is 1.49. The topological polar surface area (TPSA) is 86.0 Å². The highest BCUT2D eigenvalue weighted by Gasteiger charge is 2.25. The van der Waals surface area contributed by atoms with Gasteiger partial charge in [-0.25, -0.2) is 4.79 Å². The molecular weight excluding hydrogens is 352 g/mol. The lowest BCUT2D eigenvalue weighted by molar-refractivity contribution is 0.0746. The molecule has 9 nitrogen and oxygen atoms in total. The first-order chi connectivity index (χ1) is 13.0. The molecule has 0 bridgehead atoms. The molecule has 0 saturated carbocycles. The predicted octanol–water partition coefficient (Wildman–Crippen LogP) is -0.225. The van der Waals surface area contributed by atoms with Gasteiger partial charge in [0, 0.05) is 51.9 Å². The first-order valence-electron chi connectivity index (χ1n) is 8.66. The molecule has 0 radical (unpaired) electrons. The fraction of sp³-hybridized carbons (Fsp3) is 0.389. The van der Waals surface area contributed by atoms with Gasteiger partial charge in [-0.05, 0) is 18.2 Å². The van der Waals surface area contributed by atoms with Crippen LogP contribution in [0, 0.1) is 0 Å². The fourth-order valence-corrected chi connectivity index (χ4v) is 3.38. The largest absolute Gasteiger partial charge is 0.454 e. The third-order valence-corrected chi connectivity index (χ3v) is 5.01. The minimum Gasteiger partial charge on any atom is -0.454 e. The Morgan fingerprint density at radius 2 is 1.63 bits per heavy atom. The molecule has 27 heavy (non-hydrogen) atoms. The van der Waals surface area contributed by atoms with Crippen LogP contribution in [0.4, 0.5) is 5.82 Å². The van der Waals surface area contributed by atoms with E-state index in [0.29, 0.717) is 49.1 Å². The monoisotopic (exact) mass is 372 g/mol. The number of rotatable bonds is 2. The Morgan fingerprint density at radius 3 is 2.37 bits per heavy atom. The number of carbonyl (C=O) groups excluding carboxylic acids is 1. The molecule has 4 rings (SSSR count). The van der Waals surface area contributed by atoms with Crippen LogP contribution in [0.25, 0.3) is 0 Å². The van der Waals surface area contributed by atoms with Crippen molar-refractivity contribution in [2.45, 2.75) is 0 Å². The van der Waals surface area contributed by atoms with Crippen LogP contribution < -0.4 is 25.6 Å². The summed E-state index contributed by atoms with van der Waals surface area (Å²) in [6.07, 6.45) is 0. The van der Waals surface area contributed by atoms with Gasteiger partial charge in [-0.2, -0.15) is 0 Å². The number of hydrogen-bond donors (Lipinski definition) is 0. The van der Waals surface area contributed by atoms with Crippen LogP contribution >= 0.6 is 0 Å². The number of ether oxygens (including phenoxy) is 2. The molecule has 9 heteroatoms. The van der Waals surface area contributed by atoms with Crippen molar-refractivity contribution in [2.24, 2.45) is 14.1 Å². The summed E-state index contributed by atoms with van der Waals surface area (Å²) < 4.78 is 13.1. The Bertz CT molecular complexity index is 1020. The van der Waals surface area contributed by atoms with E-state index in [2.05, 4.69) is 0 Å². The van der Waals surface area contributed by atoms with Crippen molar-refractivity contribution < 1.29 is 14.3 Å². The van der Waals surface area contributed by atoms with E-state index < -0.39 is 0 Å². The summed E-state index contributed by atoms with van der Waals surface area (Å²) in [6, 6.07) is 6.62. The highest BCUT2D eigenvalue weighted by atomic mass is 16.7. The average Bonchev–Trinajstić information content (AvgIpc) is 3.16. The lowest BCUT2D eigenvalue weighted by atomic mass is 10.1. The molecule has 1 aromatic heterocycles. The molecular formula is C18H20N4O5. The highest BCUT2D eigenvalue weighted by Crippen LogP contribution is 2.32. The molecule has 0 atom stereocenters. The molecule has 0 spiro atoms.